The Hall–Kier alpha value is -0.860. The predicted octanol–water partition coefficient (Wildman–Crippen LogP) is 2.48. The molecule has 1 fully saturated rings. The minimum absolute atomic E-state index is 0.251. The summed E-state index contributed by atoms with van der Waals surface area (Å²) < 4.78 is 0. The summed E-state index contributed by atoms with van der Waals surface area (Å²) in [5, 5.41) is 12.7. The summed E-state index contributed by atoms with van der Waals surface area (Å²) in [4.78, 5) is 0. The first-order valence-electron chi connectivity index (χ1n) is 6.15. The molecule has 2 N–H and O–H groups in total. The second-order valence-corrected chi connectivity index (χ2v) is 4.89. The molecule has 0 radical (unpaired) electrons. The van der Waals surface area contributed by atoms with E-state index >= 15 is 0 Å². The van der Waals surface area contributed by atoms with Crippen LogP contribution in [-0.4, -0.2) is 17.8 Å². The molecule has 0 aliphatic carbocycles. The lowest BCUT2D eigenvalue weighted by molar-refractivity contribution is 0.198. The van der Waals surface area contributed by atoms with Crippen LogP contribution in [0.1, 0.15) is 42.0 Å². The molecule has 2 unspecified atom stereocenters. The van der Waals surface area contributed by atoms with Crippen molar-refractivity contribution >= 4 is 0 Å². The molecule has 88 valence electrons. The second kappa shape index (κ2) is 4.98. The van der Waals surface area contributed by atoms with E-state index in [9.17, 15) is 5.11 Å². The topological polar surface area (TPSA) is 32.3 Å². The zero-order valence-corrected chi connectivity index (χ0v) is 10.2. The Kier molecular flexibility index (Phi) is 3.62. The van der Waals surface area contributed by atoms with Gasteiger partial charge in [-0.2, -0.15) is 0 Å². The lowest BCUT2D eigenvalue weighted by Gasteiger charge is -2.31. The molecule has 1 aromatic carbocycles. The Morgan fingerprint density at radius 1 is 1.31 bits per heavy atom. The number of hydrogen-bond acceptors (Lipinski definition) is 2. The fourth-order valence-electron chi connectivity index (χ4n) is 2.63. The van der Waals surface area contributed by atoms with Crippen LogP contribution in [0.2, 0.25) is 0 Å². The third kappa shape index (κ3) is 2.45. The van der Waals surface area contributed by atoms with E-state index in [-0.39, 0.29) is 12.6 Å². The van der Waals surface area contributed by atoms with Crippen molar-refractivity contribution in [2.24, 2.45) is 0 Å². The summed E-state index contributed by atoms with van der Waals surface area (Å²) in [7, 11) is 0. The van der Waals surface area contributed by atoms with Crippen molar-refractivity contribution in [1.29, 1.82) is 0 Å². The molecule has 1 saturated heterocycles. The van der Waals surface area contributed by atoms with E-state index in [2.05, 4.69) is 37.4 Å². The first kappa shape index (κ1) is 11.6. The van der Waals surface area contributed by atoms with Gasteiger partial charge in [0.25, 0.3) is 0 Å². The quantitative estimate of drug-likeness (QED) is 0.801. The van der Waals surface area contributed by atoms with Gasteiger partial charge in [-0.15, -0.1) is 0 Å². The number of hydrogen-bond donors (Lipinski definition) is 2. The number of aliphatic hydroxyl groups is 1. The van der Waals surface area contributed by atoms with Gasteiger partial charge in [-0.05, 0) is 44.2 Å². The average molecular weight is 219 g/mol. The van der Waals surface area contributed by atoms with E-state index in [1.165, 1.54) is 29.5 Å². The van der Waals surface area contributed by atoms with Crippen molar-refractivity contribution in [1.82, 2.24) is 5.32 Å². The number of aliphatic hydroxyl groups excluding tert-OH is 1. The van der Waals surface area contributed by atoms with Gasteiger partial charge in [-0.1, -0.05) is 23.8 Å². The largest absolute Gasteiger partial charge is 0.395 e. The lowest BCUT2D eigenvalue weighted by atomic mass is 9.90. The molecule has 1 heterocycles. The van der Waals surface area contributed by atoms with Crippen molar-refractivity contribution in [3.63, 3.8) is 0 Å². The van der Waals surface area contributed by atoms with Crippen molar-refractivity contribution < 1.29 is 5.11 Å². The standard InChI is InChI=1S/C14H21NO/c1-10-6-7-13(11(2)8-10)14-5-3-4-12(9-16)15-14/h6-8,12,14-16H,3-5,9H2,1-2H3. The zero-order valence-electron chi connectivity index (χ0n) is 10.2. The van der Waals surface area contributed by atoms with Gasteiger partial charge >= 0.3 is 0 Å². The van der Waals surface area contributed by atoms with Gasteiger partial charge in [0.15, 0.2) is 0 Å². The first-order chi connectivity index (χ1) is 7.70. The van der Waals surface area contributed by atoms with Gasteiger partial charge in [0, 0.05) is 12.1 Å². The summed E-state index contributed by atoms with van der Waals surface area (Å²) in [6.07, 6.45) is 3.48. The summed E-state index contributed by atoms with van der Waals surface area (Å²) in [5.74, 6) is 0. The van der Waals surface area contributed by atoms with E-state index in [4.69, 9.17) is 0 Å². The van der Waals surface area contributed by atoms with Crippen LogP contribution in [0.15, 0.2) is 18.2 Å². The van der Waals surface area contributed by atoms with Gasteiger partial charge in [0.1, 0.15) is 0 Å². The normalized spacial score (nSPS) is 25.7. The van der Waals surface area contributed by atoms with Crippen LogP contribution in [0.4, 0.5) is 0 Å². The number of piperidine rings is 1. The molecule has 2 nitrogen and oxygen atoms in total. The number of nitrogens with one attached hydrogen (secondary N) is 1. The fourth-order valence-corrected chi connectivity index (χ4v) is 2.63. The smallest absolute Gasteiger partial charge is 0.0584 e. The number of benzene rings is 1. The lowest BCUT2D eigenvalue weighted by Crippen LogP contribution is -2.39. The van der Waals surface area contributed by atoms with Gasteiger partial charge in [-0.25, -0.2) is 0 Å². The maximum atomic E-state index is 9.21. The Morgan fingerprint density at radius 2 is 2.12 bits per heavy atom. The minimum atomic E-state index is 0.251. The molecule has 2 heteroatoms. The van der Waals surface area contributed by atoms with Crippen molar-refractivity contribution in [2.45, 2.75) is 45.2 Å². The molecule has 0 aromatic heterocycles. The van der Waals surface area contributed by atoms with E-state index in [0.717, 1.165) is 6.42 Å². The van der Waals surface area contributed by atoms with Crippen LogP contribution >= 0.6 is 0 Å². The summed E-state index contributed by atoms with van der Waals surface area (Å²) in [6, 6.07) is 7.33. The molecule has 1 aliphatic rings. The zero-order chi connectivity index (χ0) is 11.5. The van der Waals surface area contributed by atoms with Crippen LogP contribution in [0.5, 0.6) is 0 Å². The van der Waals surface area contributed by atoms with E-state index in [1.807, 2.05) is 0 Å². The van der Waals surface area contributed by atoms with E-state index < -0.39 is 0 Å². The molecular weight excluding hydrogens is 198 g/mol. The number of rotatable bonds is 2. The molecule has 0 spiro atoms. The van der Waals surface area contributed by atoms with Gasteiger partial charge in [0.05, 0.1) is 6.61 Å². The van der Waals surface area contributed by atoms with Crippen LogP contribution < -0.4 is 5.32 Å². The van der Waals surface area contributed by atoms with E-state index in [0.29, 0.717) is 6.04 Å². The van der Waals surface area contributed by atoms with Gasteiger partial charge < -0.3 is 10.4 Å². The third-order valence-electron chi connectivity index (χ3n) is 3.50. The summed E-state index contributed by atoms with van der Waals surface area (Å²) in [5.41, 5.74) is 4.07. The molecular formula is C14H21NO. The Bertz CT molecular complexity index is 362. The highest BCUT2D eigenvalue weighted by Gasteiger charge is 2.22. The molecule has 1 aliphatic heterocycles. The molecule has 1 aromatic rings. The Balaban J connectivity index is 2.16. The van der Waals surface area contributed by atoms with Gasteiger partial charge in [0.2, 0.25) is 0 Å². The Labute approximate surface area is 97.7 Å². The molecule has 0 amide bonds. The van der Waals surface area contributed by atoms with Crippen molar-refractivity contribution in [2.75, 3.05) is 6.61 Å². The van der Waals surface area contributed by atoms with Crippen LogP contribution in [0.25, 0.3) is 0 Å². The molecule has 2 atom stereocenters. The maximum absolute atomic E-state index is 9.21. The molecule has 0 bridgehead atoms. The predicted molar refractivity (Wildman–Crippen MR) is 66.5 cm³/mol. The SMILES string of the molecule is Cc1ccc(C2CCCC(CO)N2)c(C)c1. The second-order valence-electron chi connectivity index (χ2n) is 4.89. The monoisotopic (exact) mass is 219 g/mol. The summed E-state index contributed by atoms with van der Waals surface area (Å²) >= 11 is 0. The van der Waals surface area contributed by atoms with Crippen molar-refractivity contribution in [3.05, 3.63) is 34.9 Å². The highest BCUT2D eigenvalue weighted by molar-refractivity contribution is 5.33. The fraction of sp³-hybridized carbons (Fsp3) is 0.571. The highest BCUT2D eigenvalue weighted by atomic mass is 16.3. The summed E-state index contributed by atoms with van der Waals surface area (Å²) in [6.45, 7) is 4.55. The highest BCUT2D eigenvalue weighted by Crippen LogP contribution is 2.28. The first-order valence-corrected chi connectivity index (χ1v) is 6.15. The molecule has 16 heavy (non-hydrogen) atoms. The average Bonchev–Trinajstić information content (AvgIpc) is 2.29. The minimum Gasteiger partial charge on any atom is -0.395 e. The molecule has 2 rings (SSSR count). The third-order valence-corrected chi connectivity index (χ3v) is 3.50. The van der Waals surface area contributed by atoms with Gasteiger partial charge in [-0.3, -0.25) is 0 Å². The van der Waals surface area contributed by atoms with Crippen LogP contribution in [-0.2, 0) is 0 Å². The van der Waals surface area contributed by atoms with Crippen LogP contribution in [0, 0.1) is 13.8 Å². The maximum Gasteiger partial charge on any atom is 0.0584 e. The van der Waals surface area contributed by atoms with Crippen LogP contribution in [0.3, 0.4) is 0 Å². The molecule has 0 saturated carbocycles. The van der Waals surface area contributed by atoms with Crippen molar-refractivity contribution in [3.8, 4) is 0 Å². The Morgan fingerprint density at radius 3 is 2.81 bits per heavy atom. The van der Waals surface area contributed by atoms with E-state index in [1.54, 1.807) is 0 Å². The number of aryl methyl sites for hydroxylation is 2.